The molecular formula is C22H23N5O2. The number of morpholine rings is 1. The van der Waals surface area contributed by atoms with Crippen molar-refractivity contribution in [2.75, 3.05) is 31.6 Å². The van der Waals surface area contributed by atoms with Gasteiger partial charge in [0.15, 0.2) is 0 Å². The Labute approximate surface area is 169 Å². The Morgan fingerprint density at radius 1 is 1.10 bits per heavy atom. The zero-order chi connectivity index (χ0) is 20.0. The van der Waals surface area contributed by atoms with E-state index in [1.54, 1.807) is 0 Å². The number of fused-ring (bicyclic) bond motifs is 2. The van der Waals surface area contributed by atoms with Crippen LogP contribution in [0.3, 0.4) is 0 Å². The molecule has 2 aliphatic heterocycles. The molecule has 0 bridgehead atoms. The minimum absolute atomic E-state index is 0.0232. The number of anilines is 1. The number of nitrogens with one attached hydrogen (secondary N) is 1. The van der Waals surface area contributed by atoms with E-state index < -0.39 is 0 Å². The molecule has 0 spiro atoms. The molecule has 148 valence electrons. The van der Waals surface area contributed by atoms with E-state index in [1.807, 2.05) is 41.6 Å². The van der Waals surface area contributed by atoms with Crippen LogP contribution in [0.4, 0.5) is 5.95 Å². The molecule has 2 aromatic carbocycles. The fourth-order valence-corrected chi connectivity index (χ4v) is 4.25. The first-order chi connectivity index (χ1) is 14.1. The highest BCUT2D eigenvalue weighted by Gasteiger charge is 2.36. The number of carbonyl (C=O) groups excluding carboxylic acids is 1. The van der Waals surface area contributed by atoms with Gasteiger partial charge in [-0.2, -0.15) is 10.1 Å². The minimum Gasteiger partial charge on any atom is -0.378 e. The van der Waals surface area contributed by atoms with Gasteiger partial charge in [0.1, 0.15) is 11.9 Å². The van der Waals surface area contributed by atoms with Gasteiger partial charge in [0.05, 0.1) is 18.8 Å². The molecule has 29 heavy (non-hydrogen) atoms. The maximum Gasteiger partial charge on any atom is 0.254 e. The van der Waals surface area contributed by atoms with E-state index in [-0.39, 0.29) is 11.9 Å². The van der Waals surface area contributed by atoms with E-state index in [1.165, 1.54) is 0 Å². The Morgan fingerprint density at radius 3 is 2.69 bits per heavy atom. The van der Waals surface area contributed by atoms with E-state index in [0.29, 0.717) is 43.6 Å². The predicted octanol–water partition coefficient (Wildman–Crippen LogP) is 2.89. The maximum atomic E-state index is 13.6. The average molecular weight is 389 g/mol. The Kier molecular flexibility index (Phi) is 4.32. The smallest absolute Gasteiger partial charge is 0.254 e. The molecule has 1 aromatic heterocycles. The van der Waals surface area contributed by atoms with Gasteiger partial charge in [0.2, 0.25) is 5.95 Å². The van der Waals surface area contributed by atoms with E-state index in [4.69, 9.17) is 4.74 Å². The summed E-state index contributed by atoms with van der Waals surface area (Å²) in [5, 5.41) is 10.2. The van der Waals surface area contributed by atoms with Gasteiger partial charge >= 0.3 is 0 Å². The average Bonchev–Trinajstić information content (AvgIpc) is 3.12. The fraction of sp³-hybridized carbons (Fsp3) is 0.318. The molecule has 7 nitrogen and oxygen atoms in total. The summed E-state index contributed by atoms with van der Waals surface area (Å²) >= 11 is 0. The summed E-state index contributed by atoms with van der Waals surface area (Å²) in [6.07, 6.45) is 0. The van der Waals surface area contributed by atoms with Crippen molar-refractivity contribution >= 4 is 22.6 Å². The van der Waals surface area contributed by atoms with Crippen molar-refractivity contribution in [3.63, 3.8) is 0 Å². The van der Waals surface area contributed by atoms with Crippen LogP contribution in [0.1, 0.15) is 24.4 Å². The van der Waals surface area contributed by atoms with Gasteiger partial charge < -0.3 is 15.0 Å². The molecular weight excluding hydrogens is 366 g/mol. The third-order valence-corrected chi connectivity index (χ3v) is 5.61. The lowest BCUT2D eigenvalue weighted by molar-refractivity contribution is -0.131. The number of allylic oxidation sites excluding steroid dienone is 1. The number of benzene rings is 2. The lowest BCUT2D eigenvalue weighted by Gasteiger charge is -2.34. The highest BCUT2D eigenvalue weighted by atomic mass is 16.5. The van der Waals surface area contributed by atoms with Crippen molar-refractivity contribution < 1.29 is 9.53 Å². The molecule has 5 rings (SSSR count). The van der Waals surface area contributed by atoms with Gasteiger partial charge in [-0.25, -0.2) is 4.68 Å². The SMILES string of the molecule is CC1=C(C(=O)N2CCOCC2)[C@H](c2cccc3ccccc23)n2nc(C)nc2N1. The first kappa shape index (κ1) is 17.9. The molecule has 3 aromatic rings. The molecule has 3 heterocycles. The van der Waals surface area contributed by atoms with Crippen LogP contribution >= 0.6 is 0 Å². The largest absolute Gasteiger partial charge is 0.378 e. The van der Waals surface area contributed by atoms with Crippen LogP contribution in [0.25, 0.3) is 10.8 Å². The van der Waals surface area contributed by atoms with Crippen molar-refractivity contribution in [1.82, 2.24) is 19.7 Å². The van der Waals surface area contributed by atoms with Crippen LogP contribution < -0.4 is 5.32 Å². The van der Waals surface area contributed by atoms with Crippen molar-refractivity contribution in [3.05, 3.63) is 65.1 Å². The third kappa shape index (κ3) is 2.98. The number of ether oxygens (including phenoxy) is 1. The Hall–Kier alpha value is -3.19. The molecule has 1 saturated heterocycles. The number of aromatic nitrogens is 3. The van der Waals surface area contributed by atoms with Gasteiger partial charge in [-0.3, -0.25) is 4.79 Å². The molecule has 1 N–H and O–H groups in total. The maximum absolute atomic E-state index is 13.6. The standard InChI is InChI=1S/C22H23N5O2/c1-14-19(21(28)26-10-12-29-13-11-26)20(27-22(23-14)24-15(2)25-27)18-9-5-7-16-6-3-4-8-17(16)18/h3-9,20H,10-13H2,1-2H3,(H,23,24,25)/t20-/m0/s1. The quantitative estimate of drug-likeness (QED) is 0.730. The first-order valence-corrected chi connectivity index (χ1v) is 9.89. The summed E-state index contributed by atoms with van der Waals surface area (Å²) in [6.45, 7) is 6.14. The van der Waals surface area contributed by atoms with E-state index in [2.05, 4.69) is 39.7 Å². The molecule has 0 radical (unpaired) electrons. The summed E-state index contributed by atoms with van der Waals surface area (Å²) < 4.78 is 7.28. The Morgan fingerprint density at radius 2 is 1.86 bits per heavy atom. The zero-order valence-corrected chi connectivity index (χ0v) is 16.6. The van der Waals surface area contributed by atoms with Gasteiger partial charge in [-0.05, 0) is 30.2 Å². The van der Waals surface area contributed by atoms with Crippen LogP contribution in [0.5, 0.6) is 0 Å². The van der Waals surface area contributed by atoms with Crippen molar-refractivity contribution in [2.24, 2.45) is 0 Å². The van der Waals surface area contributed by atoms with Crippen molar-refractivity contribution in [1.29, 1.82) is 0 Å². The van der Waals surface area contributed by atoms with Crippen LogP contribution in [-0.4, -0.2) is 51.9 Å². The third-order valence-electron chi connectivity index (χ3n) is 5.61. The monoisotopic (exact) mass is 389 g/mol. The predicted molar refractivity (Wildman–Crippen MR) is 111 cm³/mol. The van der Waals surface area contributed by atoms with Gasteiger partial charge in [-0.15, -0.1) is 0 Å². The van der Waals surface area contributed by atoms with Crippen LogP contribution in [0.2, 0.25) is 0 Å². The van der Waals surface area contributed by atoms with Gasteiger partial charge in [0, 0.05) is 18.8 Å². The van der Waals surface area contributed by atoms with E-state index in [0.717, 1.165) is 22.0 Å². The zero-order valence-electron chi connectivity index (χ0n) is 16.6. The number of amides is 1. The number of aryl methyl sites for hydroxylation is 1. The number of rotatable bonds is 2. The first-order valence-electron chi connectivity index (χ1n) is 9.89. The fourth-order valence-electron chi connectivity index (χ4n) is 4.25. The summed E-state index contributed by atoms with van der Waals surface area (Å²) in [6, 6.07) is 14.1. The molecule has 7 heteroatoms. The molecule has 2 aliphatic rings. The lowest BCUT2D eigenvalue weighted by atomic mass is 9.91. The second-order valence-corrected chi connectivity index (χ2v) is 7.47. The summed E-state index contributed by atoms with van der Waals surface area (Å²) in [5.74, 6) is 1.36. The summed E-state index contributed by atoms with van der Waals surface area (Å²) in [7, 11) is 0. The Balaban J connectivity index is 1.70. The Bertz CT molecular complexity index is 1120. The van der Waals surface area contributed by atoms with E-state index >= 15 is 0 Å². The topological polar surface area (TPSA) is 72.3 Å². The second-order valence-electron chi connectivity index (χ2n) is 7.47. The summed E-state index contributed by atoms with van der Waals surface area (Å²) in [5.41, 5.74) is 2.58. The minimum atomic E-state index is -0.339. The van der Waals surface area contributed by atoms with Gasteiger partial charge in [0.25, 0.3) is 5.91 Å². The molecule has 1 fully saturated rings. The molecule has 0 aliphatic carbocycles. The highest BCUT2D eigenvalue weighted by molar-refractivity contribution is 5.98. The second kappa shape index (κ2) is 7.00. The highest BCUT2D eigenvalue weighted by Crippen LogP contribution is 2.38. The normalized spacial score (nSPS) is 19.2. The number of carbonyl (C=O) groups is 1. The number of nitrogens with zero attached hydrogens (tertiary/aromatic N) is 4. The molecule has 1 amide bonds. The summed E-state index contributed by atoms with van der Waals surface area (Å²) in [4.78, 5) is 20.0. The lowest BCUT2D eigenvalue weighted by Crippen LogP contribution is -2.44. The molecule has 0 saturated carbocycles. The van der Waals surface area contributed by atoms with Crippen LogP contribution in [0, 0.1) is 6.92 Å². The van der Waals surface area contributed by atoms with Crippen LogP contribution in [-0.2, 0) is 9.53 Å². The van der Waals surface area contributed by atoms with Crippen LogP contribution in [0.15, 0.2) is 53.7 Å². The number of hydrogen-bond acceptors (Lipinski definition) is 5. The van der Waals surface area contributed by atoms with Crippen molar-refractivity contribution in [3.8, 4) is 0 Å². The van der Waals surface area contributed by atoms with E-state index in [9.17, 15) is 4.79 Å². The molecule has 1 atom stereocenters. The molecule has 0 unspecified atom stereocenters. The number of hydrogen-bond donors (Lipinski definition) is 1. The van der Waals surface area contributed by atoms with Crippen molar-refractivity contribution in [2.45, 2.75) is 19.9 Å². The van der Waals surface area contributed by atoms with Gasteiger partial charge in [-0.1, -0.05) is 42.5 Å².